The standard InChI is InChI=1S/C25H25N5O2/c1-29(2)13-5-8-24(31)27-22-7-4-3-6-21(22)17-30-16-20(11-12-25(30)32)18-9-10-19-15-26-28-23(19)14-18/h3-12,14-16H,13,17H2,1-2H3,(H,26,28)(H,27,31). The third-order valence-electron chi connectivity index (χ3n) is 5.11. The fourth-order valence-corrected chi connectivity index (χ4v) is 3.45. The van der Waals surface area contributed by atoms with Crippen LogP contribution in [0.4, 0.5) is 5.69 Å². The van der Waals surface area contributed by atoms with Crippen molar-refractivity contribution in [3.8, 4) is 11.1 Å². The molecule has 32 heavy (non-hydrogen) atoms. The average molecular weight is 428 g/mol. The number of benzene rings is 2. The van der Waals surface area contributed by atoms with Gasteiger partial charge in [-0.25, -0.2) is 0 Å². The van der Waals surface area contributed by atoms with Crippen LogP contribution in [-0.4, -0.2) is 46.2 Å². The summed E-state index contributed by atoms with van der Waals surface area (Å²) in [7, 11) is 3.88. The molecule has 4 aromatic rings. The van der Waals surface area contributed by atoms with Crippen molar-refractivity contribution in [2.75, 3.05) is 26.0 Å². The summed E-state index contributed by atoms with van der Waals surface area (Å²) in [5.74, 6) is -0.201. The predicted octanol–water partition coefficient (Wildman–Crippen LogP) is 3.50. The molecule has 4 rings (SSSR count). The second kappa shape index (κ2) is 9.45. The van der Waals surface area contributed by atoms with Crippen molar-refractivity contribution in [1.82, 2.24) is 19.7 Å². The molecule has 2 aromatic heterocycles. The first-order valence-corrected chi connectivity index (χ1v) is 10.3. The number of para-hydroxylation sites is 1. The molecule has 0 bridgehead atoms. The molecule has 2 heterocycles. The number of rotatable bonds is 7. The zero-order valence-corrected chi connectivity index (χ0v) is 18.1. The molecule has 7 heteroatoms. The molecule has 0 spiro atoms. The lowest BCUT2D eigenvalue weighted by Crippen LogP contribution is -2.20. The van der Waals surface area contributed by atoms with E-state index in [0.717, 1.165) is 27.6 Å². The molecule has 7 nitrogen and oxygen atoms in total. The van der Waals surface area contributed by atoms with Crippen LogP contribution in [0.5, 0.6) is 0 Å². The largest absolute Gasteiger partial charge is 0.322 e. The highest BCUT2D eigenvalue weighted by Gasteiger charge is 2.08. The van der Waals surface area contributed by atoms with E-state index in [4.69, 9.17) is 0 Å². The maximum atomic E-state index is 12.6. The topological polar surface area (TPSA) is 83.0 Å². The van der Waals surface area contributed by atoms with Crippen molar-refractivity contribution in [3.63, 3.8) is 0 Å². The number of nitrogens with one attached hydrogen (secondary N) is 2. The summed E-state index contributed by atoms with van der Waals surface area (Å²) in [6.45, 7) is 1.03. The van der Waals surface area contributed by atoms with Gasteiger partial charge in [-0.1, -0.05) is 36.4 Å². The Morgan fingerprint density at radius 1 is 1.12 bits per heavy atom. The van der Waals surface area contributed by atoms with Gasteiger partial charge in [0, 0.05) is 36.0 Å². The highest BCUT2D eigenvalue weighted by Crippen LogP contribution is 2.23. The van der Waals surface area contributed by atoms with Crippen molar-refractivity contribution in [2.24, 2.45) is 0 Å². The Balaban J connectivity index is 1.58. The number of anilines is 1. The Kier molecular flexibility index (Phi) is 6.28. The quantitative estimate of drug-likeness (QED) is 0.442. The molecule has 0 atom stereocenters. The number of hydrogen-bond acceptors (Lipinski definition) is 4. The van der Waals surface area contributed by atoms with Gasteiger partial charge in [-0.05, 0) is 49.0 Å². The molecule has 0 saturated carbocycles. The predicted molar refractivity (Wildman–Crippen MR) is 128 cm³/mol. The highest BCUT2D eigenvalue weighted by atomic mass is 16.1. The Labute approximate surface area is 186 Å². The van der Waals surface area contributed by atoms with Crippen LogP contribution in [0, 0.1) is 0 Å². The zero-order chi connectivity index (χ0) is 22.5. The van der Waals surface area contributed by atoms with E-state index in [1.807, 2.05) is 79.8 Å². The van der Waals surface area contributed by atoms with Gasteiger partial charge < -0.3 is 14.8 Å². The first-order chi connectivity index (χ1) is 15.5. The van der Waals surface area contributed by atoms with E-state index in [0.29, 0.717) is 18.8 Å². The Morgan fingerprint density at radius 2 is 1.94 bits per heavy atom. The van der Waals surface area contributed by atoms with Crippen LogP contribution in [0.25, 0.3) is 22.0 Å². The molecular formula is C25H25N5O2. The van der Waals surface area contributed by atoms with E-state index in [9.17, 15) is 9.59 Å². The number of pyridine rings is 1. The number of hydrogen-bond donors (Lipinski definition) is 2. The van der Waals surface area contributed by atoms with E-state index in [1.54, 1.807) is 16.8 Å². The second-order valence-electron chi connectivity index (χ2n) is 7.87. The molecule has 0 aliphatic rings. The fraction of sp³-hybridized carbons (Fsp3) is 0.160. The minimum absolute atomic E-state index is 0.108. The number of H-pyrrole nitrogens is 1. The highest BCUT2D eigenvalue weighted by molar-refractivity contribution is 5.99. The molecule has 2 N–H and O–H groups in total. The average Bonchev–Trinajstić information content (AvgIpc) is 3.24. The lowest BCUT2D eigenvalue weighted by Gasteiger charge is -2.13. The van der Waals surface area contributed by atoms with Crippen LogP contribution in [0.3, 0.4) is 0 Å². The van der Waals surface area contributed by atoms with Gasteiger partial charge in [-0.3, -0.25) is 14.7 Å². The first kappa shape index (κ1) is 21.3. The van der Waals surface area contributed by atoms with Crippen molar-refractivity contribution in [2.45, 2.75) is 6.54 Å². The van der Waals surface area contributed by atoms with Crippen molar-refractivity contribution >= 4 is 22.5 Å². The van der Waals surface area contributed by atoms with Gasteiger partial charge in [0.25, 0.3) is 5.56 Å². The number of carbonyl (C=O) groups excluding carboxylic acids is 1. The number of amides is 1. The molecule has 2 aromatic carbocycles. The van der Waals surface area contributed by atoms with Crippen LogP contribution in [0.1, 0.15) is 5.56 Å². The lowest BCUT2D eigenvalue weighted by molar-refractivity contribution is -0.111. The summed E-state index contributed by atoms with van der Waals surface area (Å²) in [5, 5.41) is 11.0. The summed E-state index contributed by atoms with van der Waals surface area (Å²) in [6, 6.07) is 16.9. The minimum atomic E-state index is -0.201. The van der Waals surface area contributed by atoms with Gasteiger partial charge in [0.2, 0.25) is 5.91 Å². The summed E-state index contributed by atoms with van der Waals surface area (Å²) in [4.78, 5) is 26.8. The van der Waals surface area contributed by atoms with Gasteiger partial charge in [0.05, 0.1) is 18.3 Å². The van der Waals surface area contributed by atoms with Crippen molar-refractivity contribution < 1.29 is 4.79 Å². The van der Waals surface area contributed by atoms with Gasteiger partial charge in [-0.15, -0.1) is 0 Å². The summed E-state index contributed by atoms with van der Waals surface area (Å²) < 4.78 is 1.65. The van der Waals surface area contributed by atoms with Crippen LogP contribution in [-0.2, 0) is 11.3 Å². The van der Waals surface area contributed by atoms with Gasteiger partial charge in [0.1, 0.15) is 0 Å². The van der Waals surface area contributed by atoms with E-state index in [2.05, 4.69) is 15.5 Å². The lowest BCUT2D eigenvalue weighted by atomic mass is 10.1. The minimum Gasteiger partial charge on any atom is -0.322 e. The molecule has 0 fully saturated rings. The summed E-state index contributed by atoms with van der Waals surface area (Å²) in [5.41, 5.74) is 4.28. The van der Waals surface area contributed by atoms with Crippen LogP contribution >= 0.6 is 0 Å². The van der Waals surface area contributed by atoms with E-state index >= 15 is 0 Å². The Morgan fingerprint density at radius 3 is 2.78 bits per heavy atom. The van der Waals surface area contributed by atoms with E-state index < -0.39 is 0 Å². The molecule has 0 radical (unpaired) electrons. The number of aromatic nitrogens is 3. The normalized spacial score (nSPS) is 11.5. The van der Waals surface area contributed by atoms with Crippen molar-refractivity contribution in [1.29, 1.82) is 0 Å². The van der Waals surface area contributed by atoms with Gasteiger partial charge in [0.15, 0.2) is 0 Å². The number of likely N-dealkylation sites (N-methyl/N-ethyl adjacent to an activating group) is 1. The van der Waals surface area contributed by atoms with Crippen LogP contribution in [0.2, 0.25) is 0 Å². The van der Waals surface area contributed by atoms with Crippen LogP contribution < -0.4 is 10.9 Å². The Hall–Kier alpha value is -3.97. The van der Waals surface area contributed by atoms with Crippen molar-refractivity contribution in [3.05, 3.63) is 95.1 Å². The third kappa shape index (κ3) is 5.01. The second-order valence-corrected chi connectivity index (χ2v) is 7.87. The molecule has 0 unspecified atom stereocenters. The molecule has 0 aliphatic heterocycles. The summed E-state index contributed by atoms with van der Waals surface area (Å²) in [6.07, 6.45) is 6.95. The number of fused-ring (bicyclic) bond motifs is 1. The number of carbonyl (C=O) groups is 1. The molecule has 162 valence electrons. The maximum Gasteiger partial charge on any atom is 0.250 e. The van der Waals surface area contributed by atoms with Gasteiger partial charge in [-0.2, -0.15) is 5.10 Å². The molecule has 0 saturated heterocycles. The van der Waals surface area contributed by atoms with Gasteiger partial charge >= 0.3 is 0 Å². The molecular weight excluding hydrogens is 402 g/mol. The summed E-state index contributed by atoms with van der Waals surface area (Å²) >= 11 is 0. The third-order valence-corrected chi connectivity index (χ3v) is 5.11. The smallest absolute Gasteiger partial charge is 0.250 e. The van der Waals surface area contributed by atoms with E-state index in [-0.39, 0.29) is 11.5 Å². The zero-order valence-electron chi connectivity index (χ0n) is 18.1. The first-order valence-electron chi connectivity index (χ1n) is 10.3. The number of aromatic amines is 1. The maximum absolute atomic E-state index is 12.6. The van der Waals surface area contributed by atoms with E-state index in [1.165, 1.54) is 6.08 Å². The fourth-order valence-electron chi connectivity index (χ4n) is 3.45. The Bertz CT molecular complexity index is 1330. The monoisotopic (exact) mass is 427 g/mol. The van der Waals surface area contributed by atoms with Crippen LogP contribution in [0.15, 0.2) is 83.9 Å². The molecule has 0 aliphatic carbocycles. The SMILES string of the molecule is CN(C)CC=CC(=O)Nc1ccccc1Cn1cc(-c2ccc3cn[nH]c3c2)ccc1=O. The molecule has 1 amide bonds. The number of nitrogens with zero attached hydrogens (tertiary/aromatic N) is 3.